The molecule has 2 rings (SSSR count). The number of ether oxygens (including phenoxy) is 1. The molecule has 0 radical (unpaired) electrons. The summed E-state index contributed by atoms with van der Waals surface area (Å²) >= 11 is 0. The average Bonchev–Trinajstić information content (AvgIpc) is 2.92. The number of ketones is 1. The number of nitrogens with zero attached hydrogens (tertiary/aromatic N) is 3. The summed E-state index contributed by atoms with van der Waals surface area (Å²) in [6.07, 6.45) is 3.40. The Kier molecular flexibility index (Phi) is 3.94. The van der Waals surface area contributed by atoms with E-state index in [4.69, 9.17) is 10.00 Å². The normalized spacial score (nSPS) is 9.89. The molecule has 0 saturated carbocycles. The van der Waals surface area contributed by atoms with Crippen molar-refractivity contribution in [3.05, 3.63) is 47.8 Å². The van der Waals surface area contributed by atoms with Crippen molar-refractivity contribution in [2.75, 3.05) is 7.11 Å². The molecule has 0 saturated heterocycles. The Morgan fingerprint density at radius 1 is 1.53 bits per heavy atom. The van der Waals surface area contributed by atoms with Gasteiger partial charge in [-0.2, -0.15) is 10.4 Å². The molecule has 0 aliphatic rings. The van der Waals surface area contributed by atoms with Crippen LogP contribution in [0.15, 0.2) is 36.7 Å². The van der Waals surface area contributed by atoms with Crippen molar-refractivity contribution in [3.8, 4) is 11.8 Å². The number of hydrogen-bond donors (Lipinski definition) is 0. The molecule has 0 aliphatic carbocycles. The van der Waals surface area contributed by atoms with Gasteiger partial charge in [-0.1, -0.05) is 6.07 Å². The van der Waals surface area contributed by atoms with E-state index in [1.165, 1.54) is 7.11 Å². The van der Waals surface area contributed by atoms with Crippen LogP contribution in [0.3, 0.4) is 0 Å². The maximum Gasteiger partial charge on any atom is 0.180 e. The second-order valence-corrected chi connectivity index (χ2v) is 4.00. The number of carbonyl (C=O) groups excluding carboxylic acids is 1. The molecular formula is C14H13N3O2. The van der Waals surface area contributed by atoms with Gasteiger partial charge in [-0.25, -0.2) is 0 Å². The predicted octanol–water partition coefficient (Wildman–Crippen LogP) is 2.04. The van der Waals surface area contributed by atoms with Gasteiger partial charge >= 0.3 is 0 Å². The maximum absolute atomic E-state index is 11.9. The van der Waals surface area contributed by atoms with Crippen molar-refractivity contribution < 1.29 is 9.53 Å². The predicted molar refractivity (Wildman–Crippen MR) is 68.9 cm³/mol. The number of Topliss-reactive ketones (excluding diaryl/α,β-unsaturated/α-hetero) is 1. The quantitative estimate of drug-likeness (QED) is 0.767. The molecule has 0 aliphatic heterocycles. The summed E-state index contributed by atoms with van der Waals surface area (Å²) in [4.78, 5) is 11.9. The molecule has 96 valence electrons. The number of rotatable bonds is 5. The van der Waals surface area contributed by atoms with E-state index in [-0.39, 0.29) is 12.2 Å². The first-order valence-electron chi connectivity index (χ1n) is 5.79. The molecular weight excluding hydrogens is 242 g/mol. The van der Waals surface area contributed by atoms with Crippen molar-refractivity contribution in [3.63, 3.8) is 0 Å². The van der Waals surface area contributed by atoms with Crippen molar-refractivity contribution in [2.45, 2.75) is 13.0 Å². The van der Waals surface area contributed by atoms with Gasteiger partial charge in [0, 0.05) is 12.4 Å². The lowest BCUT2D eigenvalue weighted by molar-refractivity contribution is 0.0994. The third-order valence-electron chi connectivity index (χ3n) is 2.71. The second-order valence-electron chi connectivity index (χ2n) is 4.00. The fraction of sp³-hybridized carbons (Fsp3) is 0.214. The van der Waals surface area contributed by atoms with Gasteiger partial charge in [0.25, 0.3) is 0 Å². The highest BCUT2D eigenvalue weighted by Crippen LogP contribution is 2.21. The third-order valence-corrected chi connectivity index (χ3v) is 2.71. The maximum atomic E-state index is 11.9. The summed E-state index contributed by atoms with van der Waals surface area (Å²) in [5, 5.41) is 12.7. The molecule has 5 nitrogen and oxygen atoms in total. The Bertz CT molecular complexity index is 612. The smallest absolute Gasteiger partial charge is 0.180 e. The van der Waals surface area contributed by atoms with Gasteiger partial charge in [0.15, 0.2) is 5.78 Å². The Morgan fingerprint density at radius 3 is 3.00 bits per heavy atom. The van der Waals surface area contributed by atoms with E-state index in [0.717, 1.165) is 5.56 Å². The van der Waals surface area contributed by atoms with E-state index >= 15 is 0 Å². The highest BCUT2D eigenvalue weighted by atomic mass is 16.5. The zero-order valence-corrected chi connectivity index (χ0v) is 10.5. The average molecular weight is 255 g/mol. The molecule has 0 atom stereocenters. The molecule has 0 spiro atoms. The number of carbonyl (C=O) groups is 1. The SMILES string of the molecule is COc1ccc(Cn2cccn2)cc1C(=O)CC#N. The van der Waals surface area contributed by atoms with Crippen molar-refractivity contribution in [1.29, 1.82) is 5.26 Å². The highest BCUT2D eigenvalue weighted by molar-refractivity contribution is 6.00. The Balaban J connectivity index is 2.30. The first-order chi connectivity index (χ1) is 9.24. The van der Waals surface area contributed by atoms with E-state index in [9.17, 15) is 4.79 Å². The topological polar surface area (TPSA) is 67.9 Å². The van der Waals surface area contributed by atoms with E-state index in [2.05, 4.69) is 5.10 Å². The summed E-state index contributed by atoms with van der Waals surface area (Å²) in [6, 6.07) is 9.07. The van der Waals surface area contributed by atoms with Gasteiger partial charge < -0.3 is 4.74 Å². The van der Waals surface area contributed by atoms with Gasteiger partial charge in [0.1, 0.15) is 5.75 Å². The van der Waals surface area contributed by atoms with Crippen molar-refractivity contribution in [1.82, 2.24) is 9.78 Å². The molecule has 0 N–H and O–H groups in total. The second kappa shape index (κ2) is 5.83. The summed E-state index contributed by atoms with van der Waals surface area (Å²) in [5.74, 6) is 0.256. The van der Waals surface area contributed by atoms with Crippen LogP contribution in [0.25, 0.3) is 0 Å². The Labute approximate surface area is 111 Å². The minimum Gasteiger partial charge on any atom is -0.496 e. The van der Waals surface area contributed by atoms with Crippen LogP contribution in [-0.2, 0) is 6.54 Å². The van der Waals surface area contributed by atoms with E-state index in [0.29, 0.717) is 17.9 Å². The van der Waals surface area contributed by atoms with Crippen LogP contribution in [0.1, 0.15) is 22.3 Å². The molecule has 0 amide bonds. The highest BCUT2D eigenvalue weighted by Gasteiger charge is 2.13. The van der Waals surface area contributed by atoms with Gasteiger partial charge in [-0.3, -0.25) is 9.48 Å². The molecule has 1 aromatic heterocycles. The van der Waals surface area contributed by atoms with Gasteiger partial charge in [0.2, 0.25) is 0 Å². The molecule has 1 heterocycles. The zero-order chi connectivity index (χ0) is 13.7. The lowest BCUT2D eigenvalue weighted by atomic mass is 10.0. The van der Waals surface area contributed by atoms with Gasteiger partial charge in [0.05, 0.1) is 31.7 Å². The number of hydrogen-bond acceptors (Lipinski definition) is 4. The fourth-order valence-corrected chi connectivity index (χ4v) is 1.82. The van der Waals surface area contributed by atoms with E-state index in [1.807, 2.05) is 24.4 Å². The number of benzene rings is 1. The first kappa shape index (κ1) is 12.8. The lowest BCUT2D eigenvalue weighted by Gasteiger charge is -2.09. The summed E-state index contributed by atoms with van der Waals surface area (Å²) < 4.78 is 6.91. The van der Waals surface area contributed by atoms with Crippen molar-refractivity contribution in [2.24, 2.45) is 0 Å². The van der Waals surface area contributed by atoms with Crippen molar-refractivity contribution >= 4 is 5.78 Å². The molecule has 5 heteroatoms. The first-order valence-corrected chi connectivity index (χ1v) is 5.79. The van der Waals surface area contributed by atoms with Gasteiger partial charge in [-0.05, 0) is 23.8 Å². The summed E-state index contributed by atoms with van der Waals surface area (Å²) in [5.41, 5.74) is 1.37. The monoisotopic (exact) mass is 255 g/mol. The molecule has 0 bridgehead atoms. The molecule has 19 heavy (non-hydrogen) atoms. The number of methoxy groups -OCH3 is 1. The van der Waals surface area contributed by atoms with Crippen LogP contribution >= 0.6 is 0 Å². The Morgan fingerprint density at radius 2 is 2.37 bits per heavy atom. The molecule has 0 unspecified atom stereocenters. The van der Waals surface area contributed by atoms with E-state index < -0.39 is 0 Å². The minimum absolute atomic E-state index is 0.151. The van der Waals surface area contributed by atoms with Gasteiger partial charge in [-0.15, -0.1) is 0 Å². The largest absolute Gasteiger partial charge is 0.496 e. The zero-order valence-electron chi connectivity index (χ0n) is 10.5. The van der Waals surface area contributed by atoms with Crippen LogP contribution in [-0.4, -0.2) is 22.7 Å². The lowest BCUT2D eigenvalue weighted by Crippen LogP contribution is -2.05. The number of nitriles is 1. The van der Waals surface area contributed by atoms with E-state index in [1.54, 1.807) is 23.0 Å². The summed E-state index contributed by atoms with van der Waals surface area (Å²) in [6.45, 7) is 0.573. The fourth-order valence-electron chi connectivity index (χ4n) is 1.82. The Hall–Kier alpha value is -2.61. The molecule has 1 aromatic carbocycles. The molecule has 2 aromatic rings. The standard InChI is InChI=1S/C14H13N3O2/c1-19-14-4-3-11(10-17-8-2-7-16-17)9-12(14)13(18)5-6-15/h2-4,7-9H,5,10H2,1H3. The molecule has 0 fully saturated rings. The minimum atomic E-state index is -0.235. The number of aromatic nitrogens is 2. The van der Waals surface area contributed by atoms with Crippen LogP contribution < -0.4 is 4.74 Å². The third kappa shape index (κ3) is 2.99. The van der Waals surface area contributed by atoms with Crippen LogP contribution in [0.5, 0.6) is 5.75 Å². The summed E-state index contributed by atoms with van der Waals surface area (Å²) in [7, 11) is 1.51. The van der Waals surface area contributed by atoms with Crippen LogP contribution in [0.4, 0.5) is 0 Å². The van der Waals surface area contributed by atoms with Crippen LogP contribution in [0, 0.1) is 11.3 Å². The van der Waals surface area contributed by atoms with Crippen LogP contribution in [0.2, 0.25) is 0 Å².